The van der Waals surface area contributed by atoms with E-state index >= 15 is 0 Å². The Morgan fingerprint density at radius 3 is 2.08 bits per heavy atom. The molecule has 0 bridgehead atoms. The average molecular weight is 351 g/mol. The number of hydrogen-bond acceptors (Lipinski definition) is 3. The number of phenols is 1. The van der Waals surface area contributed by atoms with Crippen LogP contribution >= 0.6 is 0 Å². The summed E-state index contributed by atoms with van der Waals surface area (Å²) in [6, 6.07) is 7.19. The molecule has 0 aliphatic heterocycles. The number of ether oxygens (including phenoxy) is 1. The molecule has 0 amide bonds. The second-order valence-electron chi connectivity index (χ2n) is 8.86. The molecule has 3 nitrogen and oxygen atoms in total. The van der Waals surface area contributed by atoms with Crippen LogP contribution in [0.1, 0.15) is 47.1 Å². The third-order valence-electron chi connectivity index (χ3n) is 4.88. The van der Waals surface area contributed by atoms with Gasteiger partial charge in [-0.2, -0.15) is 0 Å². The zero-order valence-corrected chi connectivity index (χ0v) is 17.8. The minimum Gasteiger partial charge on any atom is -0.508 e. The van der Waals surface area contributed by atoms with Crippen molar-refractivity contribution in [2.45, 2.75) is 59.7 Å². The van der Waals surface area contributed by atoms with Gasteiger partial charge in [0.15, 0.2) is 8.32 Å². The average Bonchev–Trinajstić information content (AvgIpc) is 2.40. The maximum Gasteiger partial charge on any atom is 0.192 e. The van der Waals surface area contributed by atoms with E-state index in [0.29, 0.717) is 6.61 Å². The topological polar surface area (TPSA) is 38.7 Å². The Balaban J connectivity index is 3.30. The third-order valence-corrected chi connectivity index (χ3v) is 9.35. The van der Waals surface area contributed by atoms with E-state index in [0.717, 1.165) is 16.9 Å². The molecular weight excluding hydrogens is 316 g/mol. The molecule has 0 saturated carbocycles. The lowest BCUT2D eigenvalue weighted by atomic mass is 9.84. The van der Waals surface area contributed by atoms with Crippen LogP contribution < -0.4 is 0 Å². The van der Waals surface area contributed by atoms with E-state index in [1.165, 1.54) is 0 Å². The van der Waals surface area contributed by atoms with Gasteiger partial charge in [0.05, 0.1) is 13.7 Å². The zero-order chi connectivity index (χ0) is 18.8. The minimum atomic E-state index is -1.86. The number of aromatic hydroxyl groups is 1. The van der Waals surface area contributed by atoms with Crippen molar-refractivity contribution in [3.8, 4) is 5.75 Å². The van der Waals surface area contributed by atoms with E-state index in [9.17, 15) is 5.11 Å². The zero-order valence-electron chi connectivity index (χ0n) is 16.8. The van der Waals surface area contributed by atoms with Crippen molar-refractivity contribution in [1.29, 1.82) is 0 Å². The van der Waals surface area contributed by atoms with Crippen molar-refractivity contribution in [2.75, 3.05) is 13.7 Å². The number of benzene rings is 1. The highest BCUT2D eigenvalue weighted by Crippen LogP contribution is 2.39. The quantitative estimate of drug-likeness (QED) is 0.537. The van der Waals surface area contributed by atoms with E-state index in [1.807, 2.05) is 12.1 Å². The van der Waals surface area contributed by atoms with Gasteiger partial charge >= 0.3 is 0 Å². The van der Waals surface area contributed by atoms with Gasteiger partial charge in [-0.05, 0) is 35.7 Å². The Kier molecular flexibility index (Phi) is 6.34. The van der Waals surface area contributed by atoms with E-state index in [1.54, 1.807) is 19.2 Å². The Morgan fingerprint density at radius 2 is 1.67 bits per heavy atom. The molecule has 0 spiro atoms. The number of rotatable bonds is 5. The molecule has 0 atom stereocenters. The maximum absolute atomic E-state index is 9.81. The van der Waals surface area contributed by atoms with Gasteiger partial charge in [-0.3, -0.25) is 0 Å². The van der Waals surface area contributed by atoms with E-state index < -0.39 is 8.32 Å². The molecule has 1 aromatic carbocycles. The lowest BCUT2D eigenvalue weighted by Crippen LogP contribution is -2.42. The van der Waals surface area contributed by atoms with E-state index in [4.69, 9.17) is 9.16 Å². The lowest BCUT2D eigenvalue weighted by molar-refractivity contribution is 0.276. The Hall–Kier alpha value is -1.26. The van der Waals surface area contributed by atoms with Gasteiger partial charge < -0.3 is 14.3 Å². The number of phenolic OH excluding ortho intramolecular Hbond substituents is 1. The molecule has 1 N–H and O–H groups in total. The standard InChI is InChI=1S/C20H34O3Si/c1-19(2,3)17(14-23-24(8,9)20(4,5)6)18(22-7)15-11-10-12-16(21)13-15/h10-13,21H,14H2,1-9H3. The van der Waals surface area contributed by atoms with Gasteiger partial charge in [-0.1, -0.05) is 53.7 Å². The summed E-state index contributed by atoms with van der Waals surface area (Å²) < 4.78 is 12.2. The summed E-state index contributed by atoms with van der Waals surface area (Å²) in [5, 5.41) is 9.97. The van der Waals surface area contributed by atoms with Crippen molar-refractivity contribution in [1.82, 2.24) is 0 Å². The van der Waals surface area contributed by atoms with Crippen LogP contribution in [0.25, 0.3) is 5.76 Å². The van der Waals surface area contributed by atoms with Crippen molar-refractivity contribution in [2.24, 2.45) is 5.41 Å². The summed E-state index contributed by atoms with van der Waals surface area (Å²) >= 11 is 0. The molecule has 0 aliphatic carbocycles. The maximum atomic E-state index is 9.81. The molecule has 4 heteroatoms. The molecule has 0 aliphatic rings. The van der Waals surface area contributed by atoms with Gasteiger partial charge in [-0.25, -0.2) is 0 Å². The van der Waals surface area contributed by atoms with Crippen molar-refractivity contribution in [3.05, 3.63) is 35.4 Å². The Labute approximate surface area is 148 Å². The monoisotopic (exact) mass is 350 g/mol. The Morgan fingerprint density at radius 1 is 1.08 bits per heavy atom. The molecule has 136 valence electrons. The van der Waals surface area contributed by atoms with Crippen LogP contribution in [0, 0.1) is 5.41 Å². The molecule has 0 saturated heterocycles. The minimum absolute atomic E-state index is 0.0980. The molecule has 1 rings (SSSR count). The fourth-order valence-corrected chi connectivity index (χ4v) is 3.09. The Bertz CT molecular complexity index is 590. The van der Waals surface area contributed by atoms with Crippen molar-refractivity contribution < 1.29 is 14.3 Å². The first-order valence-electron chi connectivity index (χ1n) is 8.50. The normalized spacial score (nSPS) is 14.4. The van der Waals surface area contributed by atoms with Crippen LogP contribution in [0.3, 0.4) is 0 Å². The summed E-state index contributed by atoms with van der Waals surface area (Å²) in [7, 11) is -0.178. The van der Waals surface area contributed by atoms with E-state index in [2.05, 4.69) is 54.6 Å². The largest absolute Gasteiger partial charge is 0.508 e. The summed E-state index contributed by atoms with van der Waals surface area (Å²) in [5.74, 6) is 1.03. The van der Waals surface area contributed by atoms with Crippen LogP contribution in [0.2, 0.25) is 18.1 Å². The highest BCUT2D eigenvalue weighted by molar-refractivity contribution is 6.74. The summed E-state index contributed by atoms with van der Waals surface area (Å²) in [4.78, 5) is 0. The smallest absolute Gasteiger partial charge is 0.192 e. The van der Waals surface area contributed by atoms with Crippen molar-refractivity contribution in [3.63, 3.8) is 0 Å². The number of hydrogen-bond donors (Lipinski definition) is 1. The second kappa shape index (κ2) is 7.32. The predicted molar refractivity (Wildman–Crippen MR) is 105 cm³/mol. The highest BCUT2D eigenvalue weighted by Gasteiger charge is 2.38. The predicted octanol–water partition coefficient (Wildman–Crippen LogP) is 5.82. The van der Waals surface area contributed by atoms with Crippen LogP contribution in [0.4, 0.5) is 0 Å². The van der Waals surface area contributed by atoms with Crippen LogP contribution in [-0.2, 0) is 9.16 Å². The molecule has 0 fully saturated rings. The van der Waals surface area contributed by atoms with E-state index in [-0.39, 0.29) is 16.2 Å². The lowest BCUT2D eigenvalue weighted by Gasteiger charge is -2.38. The summed E-state index contributed by atoms with van der Waals surface area (Å²) in [5.41, 5.74) is 1.89. The fraction of sp³-hybridized carbons (Fsp3) is 0.600. The first kappa shape index (κ1) is 20.8. The third kappa shape index (κ3) is 5.12. The van der Waals surface area contributed by atoms with Crippen LogP contribution in [0.15, 0.2) is 29.8 Å². The first-order chi connectivity index (χ1) is 10.8. The molecule has 0 aromatic heterocycles. The first-order valence-corrected chi connectivity index (χ1v) is 11.4. The molecule has 0 radical (unpaired) electrons. The second-order valence-corrected chi connectivity index (χ2v) is 13.7. The summed E-state index contributed by atoms with van der Waals surface area (Å²) in [6.45, 7) is 18.3. The van der Waals surface area contributed by atoms with Gasteiger partial charge in [0.25, 0.3) is 0 Å². The van der Waals surface area contributed by atoms with Gasteiger partial charge in [0, 0.05) is 11.1 Å². The van der Waals surface area contributed by atoms with Gasteiger partial charge in [-0.15, -0.1) is 0 Å². The molecular formula is C20H34O3Si. The summed E-state index contributed by atoms with van der Waals surface area (Å²) in [6.07, 6.45) is 0. The number of methoxy groups -OCH3 is 1. The van der Waals surface area contributed by atoms with Gasteiger partial charge in [0.2, 0.25) is 0 Å². The molecule has 24 heavy (non-hydrogen) atoms. The molecule has 0 unspecified atom stereocenters. The van der Waals surface area contributed by atoms with Crippen molar-refractivity contribution >= 4 is 14.1 Å². The molecule has 0 heterocycles. The molecule has 1 aromatic rings. The SMILES string of the molecule is COC(=C(CO[Si](C)(C)C(C)(C)C)C(C)(C)C)c1cccc(O)c1. The fourth-order valence-electron chi connectivity index (χ4n) is 2.15. The van der Waals surface area contributed by atoms with Crippen LogP contribution in [0.5, 0.6) is 5.75 Å². The van der Waals surface area contributed by atoms with Crippen LogP contribution in [-0.4, -0.2) is 27.1 Å². The van der Waals surface area contributed by atoms with Gasteiger partial charge in [0.1, 0.15) is 11.5 Å². The highest BCUT2D eigenvalue weighted by atomic mass is 28.4.